The number of rotatable bonds is 7. The van der Waals surface area contributed by atoms with Gasteiger partial charge >= 0.3 is 0 Å². The van der Waals surface area contributed by atoms with Gasteiger partial charge in [-0.15, -0.1) is 0 Å². The van der Waals surface area contributed by atoms with Crippen molar-refractivity contribution in [2.24, 2.45) is 0 Å². The number of imidazole rings is 1. The minimum Gasteiger partial charge on any atom is -0.368 e. The molecule has 0 bridgehead atoms. The molecule has 0 fully saturated rings. The standard InChI is InChI=1S/C21H16Cl2N8/c22-15-2-3-16(17(23)9-15)20-18(31-8-7-25-13-31)12-29-21(30-20)27-6-5-26-19-4-1-14(10-24)11-28-19/h1-4,7-9,11-13H,5-6H2,(H,26,28)(H,27,29,30). The highest BCUT2D eigenvalue weighted by molar-refractivity contribution is 6.36. The molecular weight excluding hydrogens is 435 g/mol. The maximum atomic E-state index is 8.83. The summed E-state index contributed by atoms with van der Waals surface area (Å²) in [6.45, 7) is 1.14. The van der Waals surface area contributed by atoms with Gasteiger partial charge < -0.3 is 15.2 Å². The van der Waals surface area contributed by atoms with Gasteiger partial charge in [-0.3, -0.25) is 0 Å². The van der Waals surface area contributed by atoms with Crippen LogP contribution in [-0.4, -0.2) is 37.6 Å². The highest BCUT2D eigenvalue weighted by Crippen LogP contribution is 2.33. The monoisotopic (exact) mass is 450 g/mol. The lowest BCUT2D eigenvalue weighted by molar-refractivity contribution is 0.985. The molecular formula is C21H16Cl2N8. The minimum atomic E-state index is 0.458. The van der Waals surface area contributed by atoms with E-state index in [1.807, 2.05) is 22.9 Å². The maximum absolute atomic E-state index is 8.83. The molecule has 2 N–H and O–H groups in total. The van der Waals surface area contributed by atoms with Gasteiger partial charge in [0.1, 0.15) is 17.6 Å². The van der Waals surface area contributed by atoms with Gasteiger partial charge in [-0.05, 0) is 30.3 Å². The second kappa shape index (κ2) is 9.43. The molecule has 3 aromatic heterocycles. The van der Waals surface area contributed by atoms with Crippen molar-refractivity contribution < 1.29 is 0 Å². The largest absolute Gasteiger partial charge is 0.368 e. The van der Waals surface area contributed by atoms with Crippen molar-refractivity contribution in [3.63, 3.8) is 0 Å². The third kappa shape index (κ3) is 4.91. The first-order valence-corrected chi connectivity index (χ1v) is 10.0. The Labute approximate surface area is 188 Å². The van der Waals surface area contributed by atoms with Crippen LogP contribution in [0.3, 0.4) is 0 Å². The Morgan fingerprint density at radius 1 is 1.03 bits per heavy atom. The normalized spacial score (nSPS) is 10.5. The smallest absolute Gasteiger partial charge is 0.223 e. The number of nitrogens with one attached hydrogen (secondary N) is 2. The minimum absolute atomic E-state index is 0.458. The Bertz CT molecular complexity index is 1220. The highest BCUT2D eigenvalue weighted by atomic mass is 35.5. The van der Waals surface area contributed by atoms with Crippen LogP contribution in [0.5, 0.6) is 0 Å². The zero-order valence-corrected chi connectivity index (χ0v) is 17.6. The molecule has 0 atom stereocenters. The number of nitriles is 1. The van der Waals surface area contributed by atoms with Crippen molar-refractivity contribution in [1.29, 1.82) is 5.26 Å². The fourth-order valence-electron chi connectivity index (χ4n) is 2.86. The molecule has 0 unspecified atom stereocenters. The second-order valence-electron chi connectivity index (χ2n) is 6.42. The van der Waals surface area contributed by atoms with Crippen molar-refractivity contribution >= 4 is 35.0 Å². The fraction of sp³-hybridized carbons (Fsp3) is 0.0952. The Balaban J connectivity index is 1.51. The summed E-state index contributed by atoms with van der Waals surface area (Å²) in [6, 6.07) is 10.8. The zero-order valence-electron chi connectivity index (χ0n) is 16.1. The van der Waals surface area contributed by atoms with Gasteiger partial charge in [0.05, 0.1) is 28.8 Å². The lowest BCUT2D eigenvalue weighted by atomic mass is 10.1. The average Bonchev–Trinajstić information content (AvgIpc) is 3.32. The van der Waals surface area contributed by atoms with Crippen molar-refractivity contribution in [3.05, 3.63) is 77.1 Å². The number of nitrogens with zero attached hydrogens (tertiary/aromatic N) is 6. The van der Waals surface area contributed by atoms with Gasteiger partial charge in [-0.1, -0.05) is 23.2 Å². The van der Waals surface area contributed by atoms with Crippen LogP contribution in [0, 0.1) is 11.3 Å². The summed E-state index contributed by atoms with van der Waals surface area (Å²) in [7, 11) is 0. The zero-order chi connectivity index (χ0) is 21.6. The molecule has 0 amide bonds. The van der Waals surface area contributed by atoms with E-state index in [1.54, 1.807) is 43.0 Å². The summed E-state index contributed by atoms with van der Waals surface area (Å²) in [5.41, 5.74) is 2.65. The van der Waals surface area contributed by atoms with Crippen LogP contribution >= 0.6 is 23.2 Å². The predicted octanol–water partition coefficient (Wildman–Crippen LogP) is 4.43. The van der Waals surface area contributed by atoms with E-state index in [0.29, 0.717) is 46.2 Å². The molecule has 0 aliphatic rings. The van der Waals surface area contributed by atoms with Crippen LogP contribution in [0.15, 0.2) is 61.4 Å². The van der Waals surface area contributed by atoms with Crippen molar-refractivity contribution in [1.82, 2.24) is 24.5 Å². The summed E-state index contributed by atoms with van der Waals surface area (Å²) in [5.74, 6) is 1.14. The van der Waals surface area contributed by atoms with Crippen LogP contribution in [0.2, 0.25) is 10.0 Å². The molecule has 4 rings (SSSR count). The Kier molecular flexibility index (Phi) is 6.26. The summed E-state index contributed by atoms with van der Waals surface area (Å²) < 4.78 is 1.82. The molecule has 0 aliphatic carbocycles. The van der Waals surface area contributed by atoms with Gasteiger partial charge in [-0.2, -0.15) is 5.26 Å². The molecule has 10 heteroatoms. The number of anilines is 2. The Morgan fingerprint density at radius 2 is 1.90 bits per heavy atom. The van der Waals surface area contributed by atoms with Gasteiger partial charge in [0, 0.05) is 42.3 Å². The molecule has 8 nitrogen and oxygen atoms in total. The number of halogens is 2. The third-order valence-corrected chi connectivity index (χ3v) is 4.89. The Morgan fingerprint density at radius 3 is 2.61 bits per heavy atom. The predicted molar refractivity (Wildman–Crippen MR) is 121 cm³/mol. The second-order valence-corrected chi connectivity index (χ2v) is 7.26. The number of benzene rings is 1. The molecule has 0 aliphatic heterocycles. The van der Waals surface area contributed by atoms with Gasteiger partial charge in [-0.25, -0.2) is 19.9 Å². The van der Waals surface area contributed by atoms with Crippen LogP contribution in [0.25, 0.3) is 16.9 Å². The Hall–Kier alpha value is -3.67. The van der Waals surface area contributed by atoms with Crippen LogP contribution in [-0.2, 0) is 0 Å². The average molecular weight is 451 g/mol. The van der Waals surface area contributed by atoms with Gasteiger partial charge in [0.25, 0.3) is 0 Å². The first kappa shape index (κ1) is 20.6. The molecule has 0 radical (unpaired) electrons. The molecule has 154 valence electrons. The van der Waals surface area contributed by atoms with Crippen LogP contribution < -0.4 is 10.6 Å². The molecule has 31 heavy (non-hydrogen) atoms. The topological polar surface area (TPSA) is 104 Å². The molecule has 3 heterocycles. The SMILES string of the molecule is N#Cc1ccc(NCCNc2ncc(-n3ccnc3)c(-c3ccc(Cl)cc3Cl)n2)nc1. The van der Waals surface area contributed by atoms with E-state index >= 15 is 0 Å². The summed E-state index contributed by atoms with van der Waals surface area (Å²) >= 11 is 12.5. The van der Waals surface area contributed by atoms with Crippen molar-refractivity contribution in [2.45, 2.75) is 0 Å². The van der Waals surface area contributed by atoms with Gasteiger partial charge in [0.15, 0.2) is 0 Å². The fourth-order valence-corrected chi connectivity index (χ4v) is 3.36. The summed E-state index contributed by atoms with van der Waals surface area (Å²) in [5, 5.41) is 16.2. The van der Waals surface area contributed by atoms with E-state index in [1.165, 1.54) is 6.20 Å². The third-order valence-electron chi connectivity index (χ3n) is 4.35. The molecule has 0 spiro atoms. The van der Waals surface area contributed by atoms with E-state index in [4.69, 9.17) is 28.5 Å². The van der Waals surface area contributed by atoms with Crippen LogP contribution in [0.4, 0.5) is 11.8 Å². The van der Waals surface area contributed by atoms with E-state index in [-0.39, 0.29) is 0 Å². The number of aromatic nitrogens is 5. The van der Waals surface area contributed by atoms with Crippen LogP contribution in [0.1, 0.15) is 5.56 Å². The molecule has 0 saturated heterocycles. The summed E-state index contributed by atoms with van der Waals surface area (Å²) in [6.07, 6.45) is 8.41. The molecule has 4 aromatic rings. The lowest BCUT2D eigenvalue weighted by Gasteiger charge is -2.13. The number of hydrogen-bond acceptors (Lipinski definition) is 7. The quantitative estimate of drug-likeness (QED) is 0.401. The first-order valence-electron chi connectivity index (χ1n) is 9.29. The van der Waals surface area contributed by atoms with E-state index < -0.39 is 0 Å². The summed E-state index contributed by atoms with van der Waals surface area (Å²) in [4.78, 5) is 17.4. The highest BCUT2D eigenvalue weighted by Gasteiger charge is 2.14. The van der Waals surface area contributed by atoms with E-state index in [2.05, 4.69) is 30.6 Å². The van der Waals surface area contributed by atoms with E-state index in [0.717, 1.165) is 11.3 Å². The molecule has 1 aromatic carbocycles. The van der Waals surface area contributed by atoms with Crippen molar-refractivity contribution in [3.8, 4) is 23.0 Å². The number of pyridine rings is 1. The van der Waals surface area contributed by atoms with E-state index in [9.17, 15) is 0 Å². The maximum Gasteiger partial charge on any atom is 0.223 e. The first-order chi connectivity index (χ1) is 15.1. The number of hydrogen-bond donors (Lipinski definition) is 2. The molecule has 0 saturated carbocycles. The van der Waals surface area contributed by atoms with Gasteiger partial charge in [0.2, 0.25) is 5.95 Å². The lowest BCUT2D eigenvalue weighted by Crippen LogP contribution is -2.16. The van der Waals surface area contributed by atoms with Crippen molar-refractivity contribution in [2.75, 3.05) is 23.7 Å².